The third-order valence-corrected chi connectivity index (χ3v) is 4.01. The van der Waals surface area contributed by atoms with Crippen LogP contribution in [0.25, 0.3) is 0 Å². The van der Waals surface area contributed by atoms with Gasteiger partial charge in [0, 0.05) is 11.4 Å². The number of carbonyl (C=O) groups excluding carboxylic acids is 1. The van der Waals surface area contributed by atoms with Gasteiger partial charge in [0.1, 0.15) is 5.25 Å². The Hall–Kier alpha value is -1.86. The number of carbonyl (C=O) groups is 2. The van der Waals surface area contributed by atoms with Crippen molar-refractivity contribution in [3.05, 3.63) is 34.9 Å². The standard InChI is InChI=1S/C13H12ClN3O3S/c1-7(8-2-4-9(14)5-3-8)16-17-13-15-11(18)6-10(21-13)12(19)20/h2-5,10H,6H2,1H3,(H,19,20)(H,15,17,18)/b16-7-. The minimum Gasteiger partial charge on any atom is -0.480 e. The number of halogens is 1. The number of amides is 1. The van der Waals surface area contributed by atoms with Crippen LogP contribution in [0, 0.1) is 0 Å². The molecule has 1 heterocycles. The Labute approximate surface area is 130 Å². The molecule has 2 N–H and O–H groups in total. The van der Waals surface area contributed by atoms with Crippen LogP contribution in [0.5, 0.6) is 0 Å². The molecule has 1 unspecified atom stereocenters. The molecule has 1 aromatic rings. The first-order chi connectivity index (χ1) is 9.95. The monoisotopic (exact) mass is 325 g/mol. The van der Waals surface area contributed by atoms with Gasteiger partial charge in [-0.3, -0.25) is 9.59 Å². The number of aliphatic carboxylic acids is 1. The third kappa shape index (κ3) is 4.30. The van der Waals surface area contributed by atoms with E-state index < -0.39 is 11.2 Å². The fourth-order valence-corrected chi connectivity index (χ4v) is 2.59. The SMILES string of the molecule is C/C(=N/N=C1\NC(=O)CC(C(=O)O)S1)c1ccc(Cl)cc1. The Balaban J connectivity index is 2.14. The lowest BCUT2D eigenvalue weighted by Gasteiger charge is -2.18. The number of nitrogens with one attached hydrogen (secondary N) is 1. The molecule has 0 spiro atoms. The zero-order valence-corrected chi connectivity index (χ0v) is 12.6. The van der Waals surface area contributed by atoms with E-state index in [1.807, 2.05) is 0 Å². The smallest absolute Gasteiger partial charge is 0.317 e. The predicted molar refractivity (Wildman–Crippen MR) is 82.9 cm³/mol. The maximum atomic E-state index is 11.4. The second kappa shape index (κ2) is 6.73. The Morgan fingerprint density at radius 3 is 2.71 bits per heavy atom. The van der Waals surface area contributed by atoms with Gasteiger partial charge >= 0.3 is 5.97 Å². The lowest BCUT2D eigenvalue weighted by Crippen LogP contribution is -2.40. The van der Waals surface area contributed by atoms with Gasteiger partial charge in [0.25, 0.3) is 0 Å². The van der Waals surface area contributed by atoms with Crippen LogP contribution in [0.4, 0.5) is 0 Å². The molecule has 6 nitrogen and oxygen atoms in total. The van der Waals surface area contributed by atoms with Crippen molar-refractivity contribution in [1.29, 1.82) is 0 Å². The van der Waals surface area contributed by atoms with Crippen molar-refractivity contribution in [3.63, 3.8) is 0 Å². The molecule has 2 rings (SSSR count). The molecule has 21 heavy (non-hydrogen) atoms. The number of nitrogens with zero attached hydrogens (tertiary/aromatic N) is 2. The molecule has 1 amide bonds. The van der Waals surface area contributed by atoms with Crippen LogP contribution in [0.2, 0.25) is 5.02 Å². The highest BCUT2D eigenvalue weighted by atomic mass is 35.5. The largest absolute Gasteiger partial charge is 0.480 e. The normalized spacial score (nSPS) is 21.2. The maximum absolute atomic E-state index is 11.4. The highest BCUT2D eigenvalue weighted by Crippen LogP contribution is 2.20. The van der Waals surface area contributed by atoms with Gasteiger partial charge in [-0.15, -0.1) is 5.10 Å². The quantitative estimate of drug-likeness (QED) is 0.658. The number of carboxylic acids is 1. The van der Waals surface area contributed by atoms with E-state index in [9.17, 15) is 9.59 Å². The van der Waals surface area contributed by atoms with E-state index in [4.69, 9.17) is 16.7 Å². The van der Waals surface area contributed by atoms with Gasteiger partial charge in [0.2, 0.25) is 5.91 Å². The molecular formula is C13H12ClN3O3S. The molecule has 110 valence electrons. The molecule has 0 bridgehead atoms. The van der Waals surface area contributed by atoms with E-state index in [2.05, 4.69) is 15.5 Å². The van der Waals surface area contributed by atoms with Gasteiger partial charge in [0.05, 0.1) is 5.71 Å². The molecule has 1 aliphatic heterocycles. The number of carboxylic acid groups (broad SMARTS) is 1. The molecule has 1 aliphatic rings. The first kappa shape index (κ1) is 15.5. The Kier molecular flexibility index (Phi) is 4.98. The lowest BCUT2D eigenvalue weighted by molar-refractivity contribution is -0.138. The van der Waals surface area contributed by atoms with Crippen molar-refractivity contribution in [2.45, 2.75) is 18.6 Å². The highest BCUT2D eigenvalue weighted by Gasteiger charge is 2.29. The zero-order valence-electron chi connectivity index (χ0n) is 11.0. The van der Waals surface area contributed by atoms with Crippen molar-refractivity contribution in [3.8, 4) is 0 Å². The summed E-state index contributed by atoms with van der Waals surface area (Å²) in [4.78, 5) is 22.3. The average molecular weight is 326 g/mol. The summed E-state index contributed by atoms with van der Waals surface area (Å²) in [5, 5.41) is 19.3. The zero-order chi connectivity index (χ0) is 15.4. The van der Waals surface area contributed by atoms with Crippen LogP contribution in [0.3, 0.4) is 0 Å². The summed E-state index contributed by atoms with van der Waals surface area (Å²) in [5.41, 5.74) is 1.47. The molecule has 0 aromatic heterocycles. The van der Waals surface area contributed by atoms with Crippen molar-refractivity contribution in [2.24, 2.45) is 10.2 Å². The van der Waals surface area contributed by atoms with E-state index in [1.54, 1.807) is 31.2 Å². The lowest BCUT2D eigenvalue weighted by atomic mass is 10.1. The van der Waals surface area contributed by atoms with Crippen LogP contribution in [0.1, 0.15) is 18.9 Å². The van der Waals surface area contributed by atoms with Crippen molar-refractivity contribution in [2.75, 3.05) is 0 Å². The summed E-state index contributed by atoms with van der Waals surface area (Å²) < 4.78 is 0. The number of thioether (sulfide) groups is 1. The maximum Gasteiger partial charge on any atom is 0.317 e. The minimum atomic E-state index is -1.04. The van der Waals surface area contributed by atoms with Crippen LogP contribution in [-0.4, -0.2) is 33.1 Å². The van der Waals surface area contributed by atoms with Gasteiger partial charge < -0.3 is 10.4 Å². The summed E-state index contributed by atoms with van der Waals surface area (Å²) >= 11 is 6.78. The average Bonchev–Trinajstić information content (AvgIpc) is 2.45. The van der Waals surface area contributed by atoms with E-state index in [0.717, 1.165) is 17.3 Å². The van der Waals surface area contributed by atoms with Crippen LogP contribution in [-0.2, 0) is 9.59 Å². The topological polar surface area (TPSA) is 91.1 Å². The number of amidine groups is 1. The van der Waals surface area contributed by atoms with Crippen molar-refractivity contribution >= 4 is 46.1 Å². The molecular weight excluding hydrogens is 314 g/mol. The summed E-state index contributed by atoms with van der Waals surface area (Å²) in [7, 11) is 0. The fraction of sp³-hybridized carbons (Fsp3) is 0.231. The molecule has 0 aliphatic carbocycles. The number of rotatable bonds is 3. The molecule has 0 radical (unpaired) electrons. The summed E-state index contributed by atoms with van der Waals surface area (Å²) in [6, 6.07) is 7.07. The van der Waals surface area contributed by atoms with Gasteiger partial charge in [0.15, 0.2) is 5.17 Å². The predicted octanol–water partition coefficient (Wildman–Crippen LogP) is 2.13. The van der Waals surface area contributed by atoms with E-state index in [-0.39, 0.29) is 17.5 Å². The second-order valence-corrected chi connectivity index (χ2v) is 5.92. The highest BCUT2D eigenvalue weighted by molar-refractivity contribution is 8.15. The molecule has 1 atom stereocenters. The van der Waals surface area contributed by atoms with E-state index in [0.29, 0.717) is 10.7 Å². The summed E-state index contributed by atoms with van der Waals surface area (Å²) in [6.45, 7) is 1.76. The number of hydrogen-bond acceptors (Lipinski definition) is 5. The van der Waals surface area contributed by atoms with Crippen LogP contribution >= 0.6 is 23.4 Å². The van der Waals surface area contributed by atoms with Gasteiger partial charge in [-0.1, -0.05) is 35.5 Å². The first-order valence-electron chi connectivity index (χ1n) is 6.03. The van der Waals surface area contributed by atoms with E-state index in [1.165, 1.54) is 0 Å². The number of hydrogen-bond donors (Lipinski definition) is 2. The molecule has 8 heteroatoms. The van der Waals surface area contributed by atoms with E-state index >= 15 is 0 Å². The fourth-order valence-electron chi connectivity index (χ4n) is 1.60. The Bertz CT molecular complexity index is 628. The Morgan fingerprint density at radius 2 is 2.10 bits per heavy atom. The molecule has 1 aromatic carbocycles. The van der Waals surface area contributed by atoms with Gasteiger partial charge in [-0.2, -0.15) is 5.10 Å². The van der Waals surface area contributed by atoms with Gasteiger partial charge in [-0.25, -0.2) is 0 Å². The van der Waals surface area contributed by atoms with Crippen LogP contribution in [0.15, 0.2) is 34.5 Å². The summed E-state index contributed by atoms with van der Waals surface area (Å²) in [5.74, 6) is -1.42. The first-order valence-corrected chi connectivity index (χ1v) is 7.29. The van der Waals surface area contributed by atoms with Gasteiger partial charge in [-0.05, 0) is 24.6 Å². The molecule has 1 saturated heterocycles. The third-order valence-electron chi connectivity index (χ3n) is 2.70. The van der Waals surface area contributed by atoms with Crippen molar-refractivity contribution < 1.29 is 14.7 Å². The number of benzene rings is 1. The second-order valence-electron chi connectivity index (χ2n) is 4.29. The Morgan fingerprint density at radius 1 is 1.43 bits per heavy atom. The van der Waals surface area contributed by atoms with Crippen LogP contribution < -0.4 is 5.32 Å². The van der Waals surface area contributed by atoms with Crippen molar-refractivity contribution in [1.82, 2.24) is 5.32 Å². The molecule has 1 fully saturated rings. The summed E-state index contributed by atoms with van der Waals surface area (Å²) in [6.07, 6.45) is -0.0705. The minimum absolute atomic E-state index is 0.0705. The molecule has 0 saturated carbocycles.